The third-order valence-corrected chi connectivity index (χ3v) is 2.49. The summed E-state index contributed by atoms with van der Waals surface area (Å²) in [6.45, 7) is 2.87. The fourth-order valence-corrected chi connectivity index (χ4v) is 2.00. The van der Waals surface area contributed by atoms with Crippen molar-refractivity contribution in [2.75, 3.05) is 6.61 Å². The van der Waals surface area contributed by atoms with E-state index >= 15 is 0 Å². The highest BCUT2D eigenvalue weighted by molar-refractivity contribution is 9.10. The number of aromatic nitrogens is 2. The van der Waals surface area contributed by atoms with Crippen molar-refractivity contribution < 1.29 is 4.74 Å². The van der Waals surface area contributed by atoms with Crippen molar-refractivity contribution in [2.45, 2.75) is 26.0 Å². The second kappa shape index (κ2) is 3.18. The van der Waals surface area contributed by atoms with E-state index in [1.807, 2.05) is 13.1 Å². The third kappa shape index (κ3) is 1.41. The molecule has 1 aromatic rings. The van der Waals surface area contributed by atoms with Gasteiger partial charge in [0.05, 0.1) is 0 Å². The van der Waals surface area contributed by atoms with Gasteiger partial charge in [-0.15, -0.1) is 0 Å². The van der Waals surface area contributed by atoms with Crippen molar-refractivity contribution >= 4 is 15.9 Å². The van der Waals surface area contributed by atoms with Crippen LogP contribution < -0.4 is 0 Å². The summed E-state index contributed by atoms with van der Waals surface area (Å²) < 4.78 is 8.50. The fraction of sp³-hybridized carbons (Fsp3) is 0.625. The Balaban J connectivity index is 2.25. The maximum atomic E-state index is 5.54. The highest BCUT2D eigenvalue weighted by Crippen LogP contribution is 2.25. The van der Waals surface area contributed by atoms with Gasteiger partial charge in [0.2, 0.25) is 0 Å². The molecular weight excluding hydrogens is 220 g/mol. The Morgan fingerprint density at radius 3 is 3.08 bits per heavy atom. The van der Waals surface area contributed by atoms with Gasteiger partial charge < -0.3 is 9.30 Å². The molecule has 0 amide bonds. The van der Waals surface area contributed by atoms with Crippen molar-refractivity contribution in [2.24, 2.45) is 0 Å². The molecule has 2 heterocycles. The second-order valence-electron chi connectivity index (χ2n) is 2.99. The van der Waals surface area contributed by atoms with E-state index in [0.29, 0.717) is 0 Å². The summed E-state index contributed by atoms with van der Waals surface area (Å²) >= 11 is 3.34. The zero-order valence-electron chi connectivity index (χ0n) is 6.96. The molecule has 1 aliphatic rings. The summed E-state index contributed by atoms with van der Waals surface area (Å²) in [5, 5.41) is 0. The number of rotatable bonds is 1. The molecule has 1 aliphatic heterocycles. The molecule has 1 saturated heterocycles. The van der Waals surface area contributed by atoms with E-state index < -0.39 is 0 Å². The SMILES string of the molecule is Cc1nc(Br)cn1C1CCCO1. The molecule has 1 aromatic heterocycles. The quantitative estimate of drug-likeness (QED) is 0.741. The molecule has 0 N–H and O–H groups in total. The summed E-state index contributed by atoms with van der Waals surface area (Å²) in [6.07, 6.45) is 4.44. The van der Waals surface area contributed by atoms with Crippen LogP contribution in [-0.2, 0) is 4.74 Å². The molecule has 1 fully saturated rings. The van der Waals surface area contributed by atoms with Crippen molar-refractivity contribution in [1.82, 2.24) is 9.55 Å². The first-order valence-electron chi connectivity index (χ1n) is 4.10. The van der Waals surface area contributed by atoms with Crippen LogP contribution >= 0.6 is 15.9 Å². The molecule has 0 bridgehead atoms. The van der Waals surface area contributed by atoms with Gasteiger partial charge in [0.15, 0.2) is 0 Å². The predicted octanol–water partition coefficient (Wildman–Crippen LogP) is 2.26. The normalized spacial score (nSPS) is 23.3. The van der Waals surface area contributed by atoms with Gasteiger partial charge in [0.25, 0.3) is 0 Å². The number of hydrogen-bond donors (Lipinski definition) is 0. The van der Waals surface area contributed by atoms with Gasteiger partial charge in [-0.05, 0) is 35.7 Å². The van der Waals surface area contributed by atoms with Gasteiger partial charge in [-0.2, -0.15) is 0 Å². The smallest absolute Gasteiger partial charge is 0.135 e. The van der Waals surface area contributed by atoms with Gasteiger partial charge in [-0.3, -0.25) is 0 Å². The molecule has 0 radical (unpaired) electrons. The lowest BCUT2D eigenvalue weighted by Gasteiger charge is -2.11. The van der Waals surface area contributed by atoms with Gasteiger partial charge in [-0.25, -0.2) is 4.98 Å². The van der Waals surface area contributed by atoms with Crippen LogP contribution in [0.1, 0.15) is 24.9 Å². The fourth-order valence-electron chi connectivity index (χ4n) is 1.52. The molecule has 0 aromatic carbocycles. The number of aryl methyl sites for hydroxylation is 1. The van der Waals surface area contributed by atoms with E-state index in [4.69, 9.17) is 4.74 Å². The molecule has 1 atom stereocenters. The lowest BCUT2D eigenvalue weighted by atomic mass is 10.3. The Bertz CT molecular complexity index is 279. The third-order valence-electron chi connectivity index (χ3n) is 2.10. The lowest BCUT2D eigenvalue weighted by molar-refractivity contribution is 0.0549. The van der Waals surface area contributed by atoms with Gasteiger partial charge in [0, 0.05) is 12.8 Å². The van der Waals surface area contributed by atoms with Crippen LogP contribution in [0.15, 0.2) is 10.8 Å². The zero-order valence-corrected chi connectivity index (χ0v) is 8.54. The molecule has 12 heavy (non-hydrogen) atoms. The van der Waals surface area contributed by atoms with Gasteiger partial charge in [-0.1, -0.05) is 0 Å². The summed E-state index contributed by atoms with van der Waals surface area (Å²) in [7, 11) is 0. The van der Waals surface area contributed by atoms with Crippen LogP contribution in [0.5, 0.6) is 0 Å². The monoisotopic (exact) mass is 230 g/mol. The van der Waals surface area contributed by atoms with Gasteiger partial charge >= 0.3 is 0 Å². The Morgan fingerprint density at radius 2 is 2.58 bits per heavy atom. The molecule has 66 valence electrons. The predicted molar refractivity (Wildman–Crippen MR) is 48.9 cm³/mol. The largest absolute Gasteiger partial charge is 0.358 e. The molecule has 3 nitrogen and oxygen atoms in total. The van der Waals surface area contributed by atoms with Crippen LogP contribution in [0.3, 0.4) is 0 Å². The summed E-state index contributed by atoms with van der Waals surface area (Å²) in [6, 6.07) is 0. The Hall–Kier alpha value is -0.350. The minimum atomic E-state index is 0.212. The van der Waals surface area contributed by atoms with Crippen LogP contribution in [0.2, 0.25) is 0 Å². The molecule has 0 spiro atoms. The average Bonchev–Trinajstić information content (AvgIpc) is 2.58. The Kier molecular flexibility index (Phi) is 2.19. The van der Waals surface area contributed by atoms with Crippen LogP contribution in [0, 0.1) is 6.92 Å². The Labute approximate surface area is 79.9 Å². The number of imidazole rings is 1. The van der Waals surface area contributed by atoms with Crippen molar-refractivity contribution in [3.05, 3.63) is 16.6 Å². The van der Waals surface area contributed by atoms with Crippen LogP contribution in [0.25, 0.3) is 0 Å². The van der Waals surface area contributed by atoms with Crippen molar-refractivity contribution in [1.29, 1.82) is 0 Å². The zero-order chi connectivity index (χ0) is 8.55. The lowest BCUT2D eigenvalue weighted by Crippen LogP contribution is -2.07. The summed E-state index contributed by atoms with van der Waals surface area (Å²) in [5.41, 5.74) is 0. The number of ether oxygens (including phenoxy) is 1. The molecule has 4 heteroatoms. The molecule has 0 aliphatic carbocycles. The van der Waals surface area contributed by atoms with Crippen LogP contribution in [-0.4, -0.2) is 16.2 Å². The first-order valence-corrected chi connectivity index (χ1v) is 4.89. The highest BCUT2D eigenvalue weighted by atomic mass is 79.9. The molecule has 0 saturated carbocycles. The summed E-state index contributed by atoms with van der Waals surface area (Å²) in [5.74, 6) is 1.01. The molecule has 2 rings (SSSR count). The van der Waals surface area contributed by atoms with Gasteiger partial charge in [0.1, 0.15) is 16.7 Å². The maximum Gasteiger partial charge on any atom is 0.135 e. The van der Waals surface area contributed by atoms with Crippen LogP contribution in [0.4, 0.5) is 0 Å². The van der Waals surface area contributed by atoms with E-state index in [1.165, 1.54) is 0 Å². The molecule has 1 unspecified atom stereocenters. The van der Waals surface area contributed by atoms with E-state index in [2.05, 4.69) is 25.5 Å². The standard InChI is InChI=1S/C8H11BrN2O/c1-6-10-7(9)5-11(6)8-3-2-4-12-8/h5,8H,2-4H2,1H3. The second-order valence-corrected chi connectivity index (χ2v) is 3.80. The maximum absolute atomic E-state index is 5.54. The van der Waals surface area contributed by atoms with E-state index in [9.17, 15) is 0 Å². The first-order chi connectivity index (χ1) is 5.77. The minimum absolute atomic E-state index is 0.212. The number of hydrogen-bond acceptors (Lipinski definition) is 2. The average molecular weight is 231 g/mol. The number of halogens is 1. The van der Waals surface area contributed by atoms with Crippen molar-refractivity contribution in [3.63, 3.8) is 0 Å². The van der Waals surface area contributed by atoms with E-state index in [1.54, 1.807) is 0 Å². The molecular formula is C8H11BrN2O. The summed E-state index contributed by atoms with van der Waals surface area (Å²) in [4.78, 5) is 4.26. The number of nitrogens with zero attached hydrogens (tertiary/aromatic N) is 2. The topological polar surface area (TPSA) is 27.1 Å². The highest BCUT2D eigenvalue weighted by Gasteiger charge is 2.18. The first kappa shape index (κ1) is 8.26. The van der Waals surface area contributed by atoms with Crippen molar-refractivity contribution in [3.8, 4) is 0 Å². The Morgan fingerprint density at radius 1 is 1.75 bits per heavy atom. The minimum Gasteiger partial charge on any atom is -0.358 e. The van der Waals surface area contributed by atoms with E-state index in [-0.39, 0.29) is 6.23 Å². The van der Waals surface area contributed by atoms with E-state index in [0.717, 1.165) is 29.9 Å².